The zero-order valence-electron chi connectivity index (χ0n) is 22.3. The van der Waals surface area contributed by atoms with E-state index in [0.29, 0.717) is 23.1 Å². The number of benzene rings is 3. The summed E-state index contributed by atoms with van der Waals surface area (Å²) in [6, 6.07) is 23.8. The van der Waals surface area contributed by atoms with Crippen LogP contribution in [-0.4, -0.2) is 33.4 Å². The van der Waals surface area contributed by atoms with Gasteiger partial charge in [0.1, 0.15) is 29.3 Å². The Morgan fingerprint density at radius 3 is 2.46 bits per heavy atom. The molecule has 3 aromatic carbocycles. The van der Waals surface area contributed by atoms with Gasteiger partial charge in [-0.05, 0) is 63.6 Å². The predicted molar refractivity (Wildman–Crippen MR) is 154 cm³/mol. The summed E-state index contributed by atoms with van der Waals surface area (Å²) in [5, 5.41) is 13.3. The largest absolute Gasteiger partial charge is 0.489 e. The predicted octanol–water partition coefficient (Wildman–Crippen LogP) is 7.19. The fraction of sp³-hybridized carbons (Fsp3) is 0.267. The Morgan fingerprint density at radius 2 is 1.77 bits per heavy atom. The molecule has 7 nitrogen and oxygen atoms in total. The van der Waals surface area contributed by atoms with Gasteiger partial charge in [-0.2, -0.15) is 0 Å². The minimum absolute atomic E-state index is 0.378. The van der Waals surface area contributed by atoms with Crippen LogP contribution < -0.4 is 10.1 Å². The van der Waals surface area contributed by atoms with Crippen molar-refractivity contribution in [1.82, 2.24) is 15.3 Å². The summed E-state index contributed by atoms with van der Waals surface area (Å²) in [7, 11) is 0. The average molecular weight is 566 g/mol. The molecule has 0 spiro atoms. The van der Waals surface area contributed by atoms with E-state index in [1.807, 2.05) is 72.8 Å². The molecule has 1 aromatic heterocycles. The fourth-order valence-electron chi connectivity index (χ4n) is 3.72. The molecule has 0 aliphatic carbocycles. The second-order valence-corrected chi connectivity index (χ2v) is 11.8. The first kappa shape index (κ1) is 28.5. The molecule has 0 radical (unpaired) electrons. The molecule has 0 aliphatic heterocycles. The monoisotopic (exact) mass is 565 g/mol. The molecule has 204 valence electrons. The van der Waals surface area contributed by atoms with Crippen molar-refractivity contribution in [3.63, 3.8) is 0 Å². The van der Waals surface area contributed by atoms with Crippen molar-refractivity contribution in [2.24, 2.45) is 0 Å². The molecule has 4 rings (SSSR count). The normalized spacial score (nSPS) is 13.0. The quantitative estimate of drug-likeness (QED) is 0.199. The molecule has 0 fully saturated rings. The molecular formula is C30H32ClN3O4S. The lowest BCUT2D eigenvalue weighted by Gasteiger charge is -2.28. The molecule has 1 heterocycles. The molecule has 4 aromatic rings. The minimum Gasteiger partial charge on any atom is -0.489 e. The number of imidazole rings is 1. The van der Waals surface area contributed by atoms with E-state index in [1.165, 1.54) is 0 Å². The van der Waals surface area contributed by atoms with E-state index in [-0.39, 0.29) is 6.61 Å². The van der Waals surface area contributed by atoms with Crippen molar-refractivity contribution < 1.29 is 19.4 Å². The fourth-order valence-corrected chi connectivity index (χ4v) is 4.98. The van der Waals surface area contributed by atoms with E-state index in [0.717, 1.165) is 26.7 Å². The molecule has 0 saturated heterocycles. The van der Waals surface area contributed by atoms with Crippen molar-refractivity contribution in [3.8, 4) is 17.0 Å². The van der Waals surface area contributed by atoms with Gasteiger partial charge in [-0.1, -0.05) is 65.8 Å². The Labute approximate surface area is 237 Å². The number of H-pyrrole nitrogens is 1. The van der Waals surface area contributed by atoms with Crippen LogP contribution in [0.1, 0.15) is 39.1 Å². The lowest BCUT2D eigenvalue weighted by atomic mass is 10.0. The van der Waals surface area contributed by atoms with Gasteiger partial charge in [-0.15, -0.1) is 0 Å². The number of hydrogen-bond acceptors (Lipinski definition) is 6. The lowest BCUT2D eigenvalue weighted by molar-refractivity contribution is 0.0403. The molecule has 0 bridgehead atoms. The van der Waals surface area contributed by atoms with Crippen molar-refractivity contribution in [1.29, 1.82) is 0 Å². The Morgan fingerprint density at radius 1 is 1.03 bits per heavy atom. The minimum atomic E-state index is -1.17. The number of carbonyl (C=O) groups excluding carboxylic acids is 1. The van der Waals surface area contributed by atoms with E-state index in [9.17, 15) is 9.90 Å². The highest BCUT2D eigenvalue weighted by Gasteiger charge is 2.33. The van der Waals surface area contributed by atoms with Gasteiger partial charge < -0.3 is 24.9 Å². The third-order valence-corrected chi connectivity index (χ3v) is 7.00. The second-order valence-electron chi connectivity index (χ2n) is 10.3. The van der Waals surface area contributed by atoms with Gasteiger partial charge in [-0.3, -0.25) is 0 Å². The molecule has 1 atom stereocenters. The van der Waals surface area contributed by atoms with Gasteiger partial charge in [0.15, 0.2) is 0 Å². The zero-order chi connectivity index (χ0) is 28.0. The molecular weight excluding hydrogens is 534 g/mol. The summed E-state index contributed by atoms with van der Waals surface area (Å²) in [5.74, 6) is 1.18. The maximum atomic E-state index is 12.3. The SMILES string of the molecule is CC(C)(C)OC(=O)N[C@@](C)(CO)c1ncc(-c2ccc(Sc3cccc(OCc4ccccc4)c3)cc2Cl)[nH]1. The summed E-state index contributed by atoms with van der Waals surface area (Å²) >= 11 is 8.25. The number of aromatic nitrogens is 2. The maximum Gasteiger partial charge on any atom is 0.408 e. The average Bonchev–Trinajstić information content (AvgIpc) is 3.38. The number of aliphatic hydroxyl groups is 1. The van der Waals surface area contributed by atoms with Crippen molar-refractivity contribution in [3.05, 3.63) is 95.4 Å². The van der Waals surface area contributed by atoms with Crippen LogP contribution in [0.5, 0.6) is 5.75 Å². The highest BCUT2D eigenvalue weighted by Crippen LogP contribution is 2.36. The van der Waals surface area contributed by atoms with Gasteiger partial charge in [0.2, 0.25) is 0 Å². The highest BCUT2D eigenvalue weighted by molar-refractivity contribution is 7.99. The van der Waals surface area contributed by atoms with Gasteiger partial charge >= 0.3 is 6.09 Å². The number of nitrogens with zero attached hydrogens (tertiary/aromatic N) is 1. The first-order chi connectivity index (χ1) is 18.5. The Hall–Kier alpha value is -3.46. The third kappa shape index (κ3) is 7.79. The summed E-state index contributed by atoms with van der Waals surface area (Å²) in [6.45, 7) is 7.11. The lowest BCUT2D eigenvalue weighted by Crippen LogP contribution is -2.48. The van der Waals surface area contributed by atoms with Crippen LogP contribution in [0.2, 0.25) is 5.02 Å². The number of hydrogen-bond donors (Lipinski definition) is 3. The number of aromatic amines is 1. The van der Waals surface area contributed by atoms with Crippen LogP contribution >= 0.6 is 23.4 Å². The van der Waals surface area contributed by atoms with Crippen LogP contribution in [0.4, 0.5) is 4.79 Å². The molecule has 0 aliphatic rings. The first-order valence-corrected chi connectivity index (χ1v) is 13.7. The smallest absolute Gasteiger partial charge is 0.408 e. The van der Waals surface area contributed by atoms with E-state index in [4.69, 9.17) is 21.1 Å². The molecule has 9 heteroatoms. The number of amides is 1. The van der Waals surface area contributed by atoms with Crippen LogP contribution in [0.25, 0.3) is 11.3 Å². The number of halogens is 1. The standard InChI is InChI=1S/C30H32ClN3O4S/c1-29(2,3)38-28(36)34-30(4,19-35)27-32-17-26(33-27)24-14-13-23(16-25(24)31)39-22-12-8-11-21(15-22)37-18-20-9-6-5-7-10-20/h5-17,35H,18-19H2,1-4H3,(H,32,33)(H,34,36)/t30-/m0/s1. The van der Waals surface area contributed by atoms with Crippen LogP contribution in [0.15, 0.2) is 88.8 Å². The number of carbonyl (C=O) groups is 1. The van der Waals surface area contributed by atoms with Crippen molar-refractivity contribution in [2.75, 3.05) is 6.61 Å². The van der Waals surface area contributed by atoms with E-state index >= 15 is 0 Å². The Balaban J connectivity index is 1.45. The number of nitrogens with one attached hydrogen (secondary N) is 2. The zero-order valence-corrected chi connectivity index (χ0v) is 23.9. The van der Waals surface area contributed by atoms with Gasteiger partial charge in [-0.25, -0.2) is 9.78 Å². The number of aliphatic hydroxyl groups excluding tert-OH is 1. The van der Waals surface area contributed by atoms with Gasteiger partial charge in [0, 0.05) is 15.4 Å². The van der Waals surface area contributed by atoms with Crippen LogP contribution in [0.3, 0.4) is 0 Å². The van der Waals surface area contributed by atoms with Gasteiger partial charge in [0.05, 0.1) is 23.5 Å². The second kappa shape index (κ2) is 12.2. The summed E-state index contributed by atoms with van der Waals surface area (Å²) < 4.78 is 11.3. The van der Waals surface area contributed by atoms with E-state index in [2.05, 4.69) is 15.3 Å². The summed E-state index contributed by atoms with van der Waals surface area (Å²) in [6.07, 6.45) is 0.979. The van der Waals surface area contributed by atoms with Crippen LogP contribution in [0, 0.1) is 0 Å². The molecule has 1 amide bonds. The van der Waals surface area contributed by atoms with E-state index in [1.54, 1.807) is 45.7 Å². The number of rotatable bonds is 9. The summed E-state index contributed by atoms with van der Waals surface area (Å²) in [4.78, 5) is 21.9. The molecule has 39 heavy (non-hydrogen) atoms. The summed E-state index contributed by atoms with van der Waals surface area (Å²) in [5.41, 5.74) is 0.681. The van der Waals surface area contributed by atoms with Gasteiger partial charge in [0.25, 0.3) is 0 Å². The molecule has 0 saturated carbocycles. The molecule has 3 N–H and O–H groups in total. The number of alkyl carbamates (subject to hydrolysis) is 1. The third-order valence-electron chi connectivity index (χ3n) is 5.71. The first-order valence-electron chi connectivity index (χ1n) is 12.5. The topological polar surface area (TPSA) is 96.5 Å². The van der Waals surface area contributed by atoms with Crippen molar-refractivity contribution >= 4 is 29.5 Å². The van der Waals surface area contributed by atoms with Crippen molar-refractivity contribution in [2.45, 2.75) is 55.2 Å². The van der Waals surface area contributed by atoms with E-state index < -0.39 is 17.2 Å². The highest BCUT2D eigenvalue weighted by atomic mass is 35.5. The molecule has 0 unspecified atom stereocenters. The number of ether oxygens (including phenoxy) is 2. The van der Waals surface area contributed by atoms with Crippen LogP contribution in [-0.2, 0) is 16.9 Å². The maximum absolute atomic E-state index is 12.3. The Bertz CT molecular complexity index is 1420. The Kier molecular flexibility index (Phi) is 8.90.